The van der Waals surface area contributed by atoms with Gasteiger partial charge in [-0.15, -0.1) is 0 Å². The second kappa shape index (κ2) is 6.24. The molecule has 2 bridgehead atoms. The van der Waals surface area contributed by atoms with Crippen LogP contribution in [0.25, 0.3) is 0 Å². The Balaban J connectivity index is 1.40. The molecule has 2 aromatic carbocycles. The van der Waals surface area contributed by atoms with Crippen LogP contribution in [0.15, 0.2) is 48.5 Å². The molecule has 2 heterocycles. The smallest absolute Gasteiger partial charge is 0.251 e. The van der Waals surface area contributed by atoms with E-state index in [1.54, 1.807) is 42.5 Å². The van der Waals surface area contributed by atoms with Gasteiger partial charge >= 0.3 is 0 Å². The molecule has 0 aromatic heterocycles. The lowest BCUT2D eigenvalue weighted by molar-refractivity contribution is 0.0924. The van der Waals surface area contributed by atoms with Crippen LogP contribution in [-0.2, 0) is 0 Å². The van der Waals surface area contributed by atoms with Crippen LogP contribution in [0.3, 0.4) is 0 Å². The molecule has 24 heavy (non-hydrogen) atoms. The maximum Gasteiger partial charge on any atom is 0.251 e. The Hall–Kier alpha value is -2.40. The predicted octanol–water partition coefficient (Wildman–Crippen LogP) is 3.05. The van der Waals surface area contributed by atoms with E-state index in [1.165, 1.54) is 12.5 Å². The number of piperidine rings is 1. The zero-order chi connectivity index (χ0) is 16.5. The summed E-state index contributed by atoms with van der Waals surface area (Å²) in [6.07, 6.45) is 1.17. The number of benzene rings is 2. The summed E-state index contributed by atoms with van der Waals surface area (Å²) in [5.74, 6) is 0.780. The van der Waals surface area contributed by atoms with E-state index in [2.05, 4.69) is 10.2 Å². The average molecular weight is 326 g/mol. The lowest BCUT2D eigenvalue weighted by Crippen LogP contribution is -2.43. The quantitative estimate of drug-likeness (QED) is 0.939. The topological polar surface area (TPSA) is 41.6 Å². The average Bonchev–Trinajstić information content (AvgIpc) is 3.20. The minimum absolute atomic E-state index is 0.0637. The Kier molecular flexibility index (Phi) is 3.94. The molecule has 124 valence electrons. The molecule has 3 atom stereocenters. The van der Waals surface area contributed by atoms with Crippen molar-refractivity contribution in [2.24, 2.45) is 5.92 Å². The van der Waals surface area contributed by atoms with Gasteiger partial charge in [0.25, 0.3) is 5.91 Å². The molecule has 0 radical (unpaired) electrons. The van der Waals surface area contributed by atoms with Crippen molar-refractivity contribution in [1.82, 2.24) is 10.2 Å². The summed E-state index contributed by atoms with van der Waals surface area (Å²) in [7, 11) is 0. The molecular formula is C19H19FN2O2. The SMILES string of the molecule is O=C(NC1CN2CC[C@H]1C2)c1ccc(Oc2ccccc2F)cc1. The van der Waals surface area contributed by atoms with Crippen LogP contribution < -0.4 is 10.1 Å². The molecular weight excluding hydrogens is 307 g/mol. The van der Waals surface area contributed by atoms with Gasteiger partial charge in [-0.2, -0.15) is 0 Å². The summed E-state index contributed by atoms with van der Waals surface area (Å²) in [4.78, 5) is 14.8. The van der Waals surface area contributed by atoms with E-state index in [0.29, 0.717) is 17.2 Å². The Morgan fingerprint density at radius 2 is 1.92 bits per heavy atom. The third-order valence-electron chi connectivity index (χ3n) is 4.83. The van der Waals surface area contributed by atoms with Gasteiger partial charge in [-0.3, -0.25) is 4.79 Å². The van der Waals surface area contributed by atoms with Gasteiger partial charge in [0.2, 0.25) is 0 Å². The fourth-order valence-electron chi connectivity index (χ4n) is 3.53. The normalized spacial score (nSPS) is 24.8. The highest BCUT2D eigenvalue weighted by Crippen LogP contribution is 2.28. The first kappa shape index (κ1) is 15.1. The fourth-order valence-corrected chi connectivity index (χ4v) is 3.53. The number of amides is 1. The first-order valence-electron chi connectivity index (χ1n) is 8.25. The number of rotatable bonds is 4. The van der Waals surface area contributed by atoms with Crippen LogP contribution in [0.5, 0.6) is 11.5 Å². The Bertz CT molecular complexity index is 747. The molecule has 1 amide bonds. The molecule has 2 aromatic rings. The van der Waals surface area contributed by atoms with E-state index in [1.807, 2.05) is 0 Å². The molecule has 4 nitrogen and oxygen atoms in total. The number of carbonyl (C=O) groups is 1. The van der Waals surface area contributed by atoms with Crippen molar-refractivity contribution in [3.05, 3.63) is 59.9 Å². The van der Waals surface area contributed by atoms with Crippen LogP contribution in [0, 0.1) is 11.7 Å². The number of hydrogen-bond donors (Lipinski definition) is 1. The van der Waals surface area contributed by atoms with E-state index in [4.69, 9.17) is 4.74 Å². The van der Waals surface area contributed by atoms with Gasteiger partial charge < -0.3 is 15.0 Å². The van der Waals surface area contributed by atoms with E-state index >= 15 is 0 Å². The molecule has 0 saturated carbocycles. The van der Waals surface area contributed by atoms with Crippen molar-refractivity contribution < 1.29 is 13.9 Å². The zero-order valence-electron chi connectivity index (χ0n) is 13.2. The maximum atomic E-state index is 13.6. The Labute approximate surface area is 140 Å². The molecule has 2 aliphatic heterocycles. The third-order valence-corrected chi connectivity index (χ3v) is 4.83. The van der Waals surface area contributed by atoms with E-state index in [-0.39, 0.29) is 17.7 Å². The van der Waals surface area contributed by atoms with Gasteiger partial charge in [0.1, 0.15) is 5.75 Å². The van der Waals surface area contributed by atoms with E-state index in [9.17, 15) is 9.18 Å². The van der Waals surface area contributed by atoms with Crippen LogP contribution in [0.2, 0.25) is 0 Å². The second-order valence-electron chi connectivity index (χ2n) is 6.45. The molecule has 1 N–H and O–H groups in total. The summed E-state index contributed by atoms with van der Waals surface area (Å²) in [5, 5.41) is 3.12. The molecule has 4 rings (SSSR count). The highest BCUT2D eigenvalue weighted by Gasteiger charge is 2.38. The maximum absolute atomic E-state index is 13.6. The number of fused-ring (bicyclic) bond motifs is 2. The Morgan fingerprint density at radius 1 is 1.12 bits per heavy atom. The summed E-state index contributed by atoms with van der Waals surface area (Å²) >= 11 is 0. The summed E-state index contributed by atoms with van der Waals surface area (Å²) in [6.45, 7) is 3.20. The number of ether oxygens (including phenoxy) is 1. The van der Waals surface area contributed by atoms with Crippen molar-refractivity contribution in [3.8, 4) is 11.5 Å². The van der Waals surface area contributed by atoms with Gasteiger partial charge in [0.15, 0.2) is 11.6 Å². The largest absolute Gasteiger partial charge is 0.454 e. The van der Waals surface area contributed by atoms with Crippen molar-refractivity contribution in [2.75, 3.05) is 19.6 Å². The number of carbonyl (C=O) groups excluding carboxylic acids is 1. The van der Waals surface area contributed by atoms with Crippen LogP contribution in [-0.4, -0.2) is 36.5 Å². The Morgan fingerprint density at radius 3 is 2.58 bits per heavy atom. The van der Waals surface area contributed by atoms with Gasteiger partial charge in [0, 0.05) is 24.7 Å². The minimum Gasteiger partial charge on any atom is -0.454 e. The molecule has 0 spiro atoms. The number of hydrogen-bond acceptors (Lipinski definition) is 3. The molecule has 0 aliphatic carbocycles. The summed E-state index contributed by atoms with van der Waals surface area (Å²) in [6, 6.07) is 13.3. The second-order valence-corrected chi connectivity index (χ2v) is 6.45. The van der Waals surface area contributed by atoms with E-state index < -0.39 is 5.82 Å². The van der Waals surface area contributed by atoms with E-state index in [0.717, 1.165) is 19.6 Å². The van der Waals surface area contributed by atoms with Gasteiger partial charge in [-0.1, -0.05) is 12.1 Å². The molecule has 2 saturated heterocycles. The third kappa shape index (κ3) is 2.99. The first-order chi connectivity index (χ1) is 11.7. The number of para-hydroxylation sites is 1. The first-order valence-corrected chi connectivity index (χ1v) is 8.25. The summed E-state index contributed by atoms with van der Waals surface area (Å²) in [5.41, 5.74) is 0.591. The molecule has 2 aliphatic rings. The number of nitrogens with one attached hydrogen (secondary N) is 1. The van der Waals surface area contributed by atoms with Crippen molar-refractivity contribution >= 4 is 5.91 Å². The highest BCUT2D eigenvalue weighted by atomic mass is 19.1. The summed E-state index contributed by atoms with van der Waals surface area (Å²) < 4.78 is 19.1. The monoisotopic (exact) mass is 326 g/mol. The van der Waals surface area contributed by atoms with Crippen molar-refractivity contribution in [2.45, 2.75) is 12.5 Å². The van der Waals surface area contributed by atoms with Gasteiger partial charge in [-0.05, 0) is 55.3 Å². The van der Waals surface area contributed by atoms with Crippen LogP contribution in [0.4, 0.5) is 4.39 Å². The fraction of sp³-hybridized carbons (Fsp3) is 0.316. The standard InChI is InChI=1S/C19H19FN2O2/c20-16-3-1-2-4-18(16)24-15-7-5-13(6-8-15)19(23)21-17-12-22-10-9-14(17)11-22/h1-8,14,17H,9-12H2,(H,21,23)/t14-,17?/m0/s1. The van der Waals surface area contributed by atoms with Crippen molar-refractivity contribution in [3.63, 3.8) is 0 Å². The lowest BCUT2D eigenvalue weighted by Gasteiger charge is -2.23. The lowest BCUT2D eigenvalue weighted by atomic mass is 9.99. The van der Waals surface area contributed by atoms with Crippen LogP contribution >= 0.6 is 0 Å². The predicted molar refractivity (Wildman–Crippen MR) is 88.7 cm³/mol. The minimum atomic E-state index is -0.411. The van der Waals surface area contributed by atoms with Gasteiger partial charge in [0.05, 0.1) is 0 Å². The molecule has 2 fully saturated rings. The molecule has 2 unspecified atom stereocenters. The van der Waals surface area contributed by atoms with Crippen molar-refractivity contribution in [1.29, 1.82) is 0 Å². The molecule has 5 heteroatoms. The van der Waals surface area contributed by atoms with Crippen LogP contribution in [0.1, 0.15) is 16.8 Å². The number of halogens is 1. The zero-order valence-corrected chi connectivity index (χ0v) is 13.2. The van der Waals surface area contributed by atoms with Gasteiger partial charge in [-0.25, -0.2) is 4.39 Å². The number of nitrogens with zero attached hydrogens (tertiary/aromatic N) is 1. The highest BCUT2D eigenvalue weighted by molar-refractivity contribution is 5.94.